The van der Waals surface area contributed by atoms with E-state index in [1.165, 1.54) is 24.0 Å². The molecule has 0 radical (unpaired) electrons. The average molecular weight is 321 g/mol. The van der Waals surface area contributed by atoms with Gasteiger partial charge in [0.05, 0.1) is 5.92 Å². The minimum absolute atomic E-state index is 0.149. The number of aliphatic carboxylic acids is 1. The second-order valence-electron chi connectivity index (χ2n) is 9.10. The quantitative estimate of drug-likeness (QED) is 0.624. The Hall–Kier alpha value is -0.790. The summed E-state index contributed by atoms with van der Waals surface area (Å²) < 4.78 is 0. The molecule has 0 aromatic carbocycles. The molecule has 2 heteroatoms. The van der Waals surface area contributed by atoms with Crippen LogP contribution in [0.15, 0.2) is 11.1 Å². The van der Waals surface area contributed by atoms with Gasteiger partial charge in [-0.3, -0.25) is 4.79 Å². The molecular weight excluding hydrogens is 284 g/mol. The molecule has 1 fully saturated rings. The van der Waals surface area contributed by atoms with Crippen molar-refractivity contribution in [2.45, 2.75) is 86.5 Å². The van der Waals surface area contributed by atoms with Crippen molar-refractivity contribution in [3.8, 4) is 0 Å². The van der Waals surface area contributed by atoms with E-state index >= 15 is 0 Å². The standard InChI is InChI=1S/C21H36O2/c1-7-14(2)8-10-16-15(3)9-11-18-20(4,5)13-12-17(19(22)23)21(16,18)6/h14,17-18H,7-13H2,1-6H3,(H,22,23)/t14-,17?,18+,21+/m1/s1. The van der Waals surface area contributed by atoms with E-state index in [4.69, 9.17) is 0 Å². The van der Waals surface area contributed by atoms with Crippen molar-refractivity contribution in [3.05, 3.63) is 11.1 Å². The normalized spacial score (nSPS) is 34.9. The predicted molar refractivity (Wildman–Crippen MR) is 96.4 cm³/mol. The molecule has 0 aromatic heterocycles. The minimum atomic E-state index is -0.580. The van der Waals surface area contributed by atoms with Gasteiger partial charge in [0.25, 0.3) is 0 Å². The number of hydrogen-bond acceptors (Lipinski definition) is 1. The fraction of sp³-hybridized carbons (Fsp3) is 0.857. The number of allylic oxidation sites excluding steroid dienone is 2. The van der Waals surface area contributed by atoms with Gasteiger partial charge in [-0.2, -0.15) is 0 Å². The van der Waals surface area contributed by atoms with Crippen molar-refractivity contribution < 1.29 is 9.90 Å². The number of hydrogen-bond donors (Lipinski definition) is 1. The predicted octanol–water partition coefficient (Wildman–Crippen LogP) is 6.07. The lowest BCUT2D eigenvalue weighted by Gasteiger charge is -2.57. The Morgan fingerprint density at radius 3 is 2.52 bits per heavy atom. The van der Waals surface area contributed by atoms with Crippen LogP contribution in [-0.4, -0.2) is 11.1 Å². The van der Waals surface area contributed by atoms with E-state index in [0.29, 0.717) is 5.92 Å². The fourth-order valence-corrected chi connectivity index (χ4v) is 5.59. The molecule has 2 aliphatic carbocycles. The van der Waals surface area contributed by atoms with Crippen molar-refractivity contribution >= 4 is 5.97 Å². The van der Waals surface area contributed by atoms with Gasteiger partial charge in [0.2, 0.25) is 0 Å². The van der Waals surface area contributed by atoms with Crippen LogP contribution < -0.4 is 0 Å². The highest BCUT2D eigenvalue weighted by Gasteiger charge is 2.56. The van der Waals surface area contributed by atoms with Crippen LogP contribution in [0.1, 0.15) is 86.5 Å². The average Bonchev–Trinajstić information content (AvgIpc) is 2.44. The molecule has 1 N–H and O–H groups in total. The van der Waals surface area contributed by atoms with Crippen molar-refractivity contribution in [1.82, 2.24) is 0 Å². The number of carboxylic acids is 1. The minimum Gasteiger partial charge on any atom is -0.481 e. The van der Waals surface area contributed by atoms with Crippen LogP contribution in [-0.2, 0) is 4.79 Å². The largest absolute Gasteiger partial charge is 0.481 e. The summed E-state index contributed by atoms with van der Waals surface area (Å²) in [5.74, 6) is 0.436. The Kier molecular flexibility index (Phi) is 5.33. The van der Waals surface area contributed by atoms with E-state index < -0.39 is 5.97 Å². The first-order chi connectivity index (χ1) is 10.6. The summed E-state index contributed by atoms with van der Waals surface area (Å²) in [6, 6.07) is 0. The van der Waals surface area contributed by atoms with Gasteiger partial charge in [0.1, 0.15) is 0 Å². The lowest BCUT2D eigenvalue weighted by molar-refractivity contribution is -0.154. The first kappa shape index (κ1) is 18.5. The first-order valence-electron chi connectivity index (χ1n) is 9.56. The summed E-state index contributed by atoms with van der Waals surface area (Å²) in [5, 5.41) is 9.92. The Morgan fingerprint density at radius 1 is 1.30 bits per heavy atom. The van der Waals surface area contributed by atoms with Gasteiger partial charge in [-0.15, -0.1) is 0 Å². The third-order valence-corrected chi connectivity index (χ3v) is 7.32. The third kappa shape index (κ3) is 3.23. The smallest absolute Gasteiger partial charge is 0.307 e. The van der Waals surface area contributed by atoms with Crippen molar-refractivity contribution in [2.75, 3.05) is 0 Å². The molecule has 0 aromatic rings. The topological polar surface area (TPSA) is 37.3 Å². The molecule has 0 saturated heterocycles. The highest BCUT2D eigenvalue weighted by atomic mass is 16.4. The number of rotatable bonds is 5. The Balaban J connectivity index is 2.43. The molecule has 23 heavy (non-hydrogen) atoms. The summed E-state index contributed by atoms with van der Waals surface area (Å²) in [7, 11) is 0. The molecule has 4 atom stereocenters. The molecule has 1 saturated carbocycles. The van der Waals surface area contributed by atoms with Gasteiger partial charge in [-0.1, -0.05) is 52.2 Å². The summed E-state index contributed by atoms with van der Waals surface area (Å²) in [4.78, 5) is 12.0. The highest BCUT2D eigenvalue weighted by molar-refractivity contribution is 5.72. The molecule has 2 aliphatic rings. The first-order valence-corrected chi connectivity index (χ1v) is 9.56. The van der Waals surface area contributed by atoms with Crippen LogP contribution >= 0.6 is 0 Å². The summed E-state index contributed by atoms with van der Waals surface area (Å²) in [6.07, 6.45) is 7.68. The zero-order chi connectivity index (χ0) is 17.4. The molecule has 2 nitrogen and oxygen atoms in total. The van der Waals surface area contributed by atoms with Gasteiger partial charge in [0, 0.05) is 5.41 Å². The fourth-order valence-electron chi connectivity index (χ4n) is 5.59. The molecule has 0 amide bonds. The number of carboxylic acid groups (broad SMARTS) is 1. The van der Waals surface area contributed by atoms with Gasteiger partial charge < -0.3 is 5.11 Å². The molecule has 0 bridgehead atoms. The summed E-state index contributed by atoms with van der Waals surface area (Å²) >= 11 is 0. The van der Waals surface area contributed by atoms with Crippen LogP contribution in [0.3, 0.4) is 0 Å². The van der Waals surface area contributed by atoms with Gasteiger partial charge in [-0.05, 0) is 62.7 Å². The molecule has 0 heterocycles. The zero-order valence-corrected chi connectivity index (χ0v) is 16.0. The van der Waals surface area contributed by atoms with Gasteiger partial charge in [0.15, 0.2) is 0 Å². The third-order valence-electron chi connectivity index (χ3n) is 7.32. The second kappa shape index (κ2) is 6.61. The van der Waals surface area contributed by atoms with E-state index in [0.717, 1.165) is 38.0 Å². The highest BCUT2D eigenvalue weighted by Crippen LogP contribution is 2.62. The maximum atomic E-state index is 12.0. The maximum Gasteiger partial charge on any atom is 0.307 e. The van der Waals surface area contributed by atoms with E-state index in [9.17, 15) is 9.90 Å². The van der Waals surface area contributed by atoms with E-state index in [1.807, 2.05) is 0 Å². The summed E-state index contributed by atoms with van der Waals surface area (Å²) in [5.41, 5.74) is 3.08. The SMILES string of the molecule is CC[C@@H](C)CCC1=C(C)CC[C@H]2C(C)(C)CCC(C(=O)O)[C@]12C. The van der Waals surface area contributed by atoms with E-state index in [-0.39, 0.29) is 16.7 Å². The lowest BCUT2D eigenvalue weighted by atomic mass is 9.46. The molecule has 132 valence electrons. The van der Waals surface area contributed by atoms with E-state index in [2.05, 4.69) is 41.5 Å². The number of carbonyl (C=O) groups is 1. The molecular formula is C21H36O2. The molecule has 0 aliphatic heterocycles. The monoisotopic (exact) mass is 320 g/mol. The van der Waals surface area contributed by atoms with Crippen LogP contribution in [0.5, 0.6) is 0 Å². The second-order valence-corrected chi connectivity index (χ2v) is 9.10. The maximum absolute atomic E-state index is 12.0. The van der Waals surface area contributed by atoms with Crippen molar-refractivity contribution in [2.24, 2.45) is 28.6 Å². The van der Waals surface area contributed by atoms with Crippen LogP contribution in [0.25, 0.3) is 0 Å². The Morgan fingerprint density at radius 2 is 1.96 bits per heavy atom. The Bertz CT molecular complexity index is 488. The molecule has 2 rings (SSSR count). The molecule has 1 unspecified atom stereocenters. The van der Waals surface area contributed by atoms with Crippen molar-refractivity contribution in [3.63, 3.8) is 0 Å². The van der Waals surface area contributed by atoms with Crippen molar-refractivity contribution in [1.29, 1.82) is 0 Å². The van der Waals surface area contributed by atoms with Gasteiger partial charge >= 0.3 is 5.97 Å². The van der Waals surface area contributed by atoms with E-state index in [1.54, 1.807) is 0 Å². The zero-order valence-electron chi connectivity index (χ0n) is 16.0. The van der Waals surface area contributed by atoms with Crippen LogP contribution in [0.2, 0.25) is 0 Å². The Labute approximate surface area is 142 Å². The number of fused-ring (bicyclic) bond motifs is 1. The van der Waals surface area contributed by atoms with Crippen LogP contribution in [0, 0.1) is 28.6 Å². The van der Waals surface area contributed by atoms with Crippen LogP contribution in [0.4, 0.5) is 0 Å². The molecule has 0 spiro atoms. The summed E-state index contributed by atoms with van der Waals surface area (Å²) in [6.45, 7) is 13.8. The van der Waals surface area contributed by atoms with Gasteiger partial charge in [-0.25, -0.2) is 0 Å². The lowest BCUT2D eigenvalue weighted by Crippen LogP contribution is -2.52.